The van der Waals surface area contributed by atoms with Crippen molar-refractivity contribution in [1.29, 1.82) is 0 Å². The van der Waals surface area contributed by atoms with Crippen molar-refractivity contribution in [3.8, 4) is 0 Å². The van der Waals surface area contributed by atoms with Crippen LogP contribution in [-0.4, -0.2) is 37.7 Å². The molecule has 1 atom stereocenters. The zero-order chi connectivity index (χ0) is 21.6. The normalized spacial score (nSPS) is 19.9. The molecule has 0 saturated carbocycles. The first-order valence-corrected chi connectivity index (χ1v) is 9.73. The largest absolute Gasteiger partial charge is 0.467 e. The summed E-state index contributed by atoms with van der Waals surface area (Å²) in [4.78, 5) is 12.8. The van der Waals surface area contributed by atoms with E-state index in [2.05, 4.69) is 0 Å². The second-order valence-electron chi connectivity index (χ2n) is 6.21. The third-order valence-corrected chi connectivity index (χ3v) is 5.83. The standard InChI is InChI=1S/C17H10B3ClFNO5S/c18-16(10-6-11(21)8-12(22)7-10)14(24)13(15(23)27-16)28-29(25,26)17(19,20)9-4-2-1-3-5-9/h1-8H,23H2/t16-/m1/s1. The van der Waals surface area contributed by atoms with Gasteiger partial charge in [0.15, 0.2) is 5.50 Å². The summed E-state index contributed by atoms with van der Waals surface area (Å²) in [6, 6.07) is 10.4. The van der Waals surface area contributed by atoms with Gasteiger partial charge in [-0.2, -0.15) is 8.42 Å². The van der Waals surface area contributed by atoms with E-state index in [1.165, 1.54) is 24.3 Å². The number of halogens is 2. The molecule has 2 N–H and O–H groups in total. The molecule has 0 spiro atoms. The number of hydrogen-bond acceptors (Lipinski definition) is 6. The fourth-order valence-corrected chi connectivity index (χ4v) is 3.77. The number of ether oxygens (including phenoxy) is 1. The van der Waals surface area contributed by atoms with E-state index in [0.29, 0.717) is 0 Å². The van der Waals surface area contributed by atoms with E-state index in [0.717, 1.165) is 18.2 Å². The fraction of sp³-hybridized carbons (Fsp3) is 0.118. The monoisotopic (exact) mass is 427 g/mol. The minimum absolute atomic E-state index is 0.0125. The number of rotatable bonds is 5. The van der Waals surface area contributed by atoms with Crippen LogP contribution >= 0.6 is 11.6 Å². The lowest BCUT2D eigenvalue weighted by Gasteiger charge is -2.26. The first-order chi connectivity index (χ1) is 13.4. The number of carbonyl (C=O) groups is 1. The Kier molecular flexibility index (Phi) is 5.25. The van der Waals surface area contributed by atoms with E-state index in [1.54, 1.807) is 6.07 Å². The maximum atomic E-state index is 13.7. The highest BCUT2D eigenvalue weighted by Gasteiger charge is 2.50. The van der Waals surface area contributed by atoms with Crippen LogP contribution in [0.25, 0.3) is 0 Å². The van der Waals surface area contributed by atoms with Crippen molar-refractivity contribution in [3.63, 3.8) is 0 Å². The molecule has 0 unspecified atom stereocenters. The van der Waals surface area contributed by atoms with E-state index >= 15 is 0 Å². The molecule has 29 heavy (non-hydrogen) atoms. The molecular formula is C17H10B3ClFNO5S. The smallest absolute Gasteiger partial charge is 0.302 e. The molecule has 142 valence electrons. The van der Waals surface area contributed by atoms with Crippen molar-refractivity contribution in [3.05, 3.63) is 82.1 Å². The predicted molar refractivity (Wildman–Crippen MR) is 106 cm³/mol. The lowest BCUT2D eigenvalue weighted by atomic mass is 9.65. The van der Waals surface area contributed by atoms with Crippen molar-refractivity contribution >= 4 is 51.0 Å². The molecule has 0 fully saturated rings. The summed E-state index contributed by atoms with van der Waals surface area (Å²) < 4.78 is 46.4. The van der Waals surface area contributed by atoms with Crippen LogP contribution in [0.4, 0.5) is 4.39 Å². The van der Waals surface area contributed by atoms with Crippen LogP contribution in [0.5, 0.6) is 0 Å². The Morgan fingerprint density at radius 3 is 2.38 bits per heavy atom. The van der Waals surface area contributed by atoms with Gasteiger partial charge in [-0.15, -0.1) is 0 Å². The van der Waals surface area contributed by atoms with Gasteiger partial charge >= 0.3 is 10.1 Å². The molecule has 0 saturated heterocycles. The van der Waals surface area contributed by atoms with E-state index in [4.69, 9.17) is 49.8 Å². The summed E-state index contributed by atoms with van der Waals surface area (Å²) in [5, 5.41) is -0.0752. The van der Waals surface area contributed by atoms with Crippen LogP contribution in [-0.2, 0) is 33.9 Å². The summed E-state index contributed by atoms with van der Waals surface area (Å²) in [7, 11) is 12.6. The summed E-state index contributed by atoms with van der Waals surface area (Å²) in [5.41, 5.74) is 3.02. The van der Waals surface area contributed by atoms with Crippen LogP contribution in [0.1, 0.15) is 11.1 Å². The Balaban J connectivity index is 1.96. The Bertz CT molecular complexity index is 1110. The predicted octanol–water partition coefficient (Wildman–Crippen LogP) is 1.02. The number of Topliss-reactive ketones (excluding diaryl/α,β-unsaturated/α-hetero) is 1. The summed E-state index contributed by atoms with van der Waals surface area (Å²) in [6.07, 6.45) is 0. The number of nitrogens with two attached hydrogens (primary N) is 1. The van der Waals surface area contributed by atoms with Gasteiger partial charge in [0.05, 0.1) is 20.2 Å². The van der Waals surface area contributed by atoms with Crippen LogP contribution in [0, 0.1) is 5.82 Å². The summed E-state index contributed by atoms with van der Waals surface area (Å²) in [6.45, 7) is 0. The number of hydrogen-bond donors (Lipinski definition) is 1. The third-order valence-electron chi connectivity index (χ3n) is 4.16. The van der Waals surface area contributed by atoms with E-state index in [9.17, 15) is 17.6 Å². The van der Waals surface area contributed by atoms with Gasteiger partial charge in [-0.25, -0.2) is 4.39 Å². The SMILES string of the molecule is [B]C([B])(c1ccccc1)S(=O)(=O)OC1=C(N)O[C@]([B])(c2cc(F)cc(Cl)c2)C1=O. The fourth-order valence-electron chi connectivity index (χ4n) is 2.61. The van der Waals surface area contributed by atoms with Gasteiger partial charge in [-0.1, -0.05) is 41.9 Å². The molecule has 6 radical (unpaired) electrons. The van der Waals surface area contributed by atoms with Crippen LogP contribution in [0.3, 0.4) is 0 Å². The summed E-state index contributed by atoms with van der Waals surface area (Å²) in [5.74, 6) is -3.68. The van der Waals surface area contributed by atoms with Gasteiger partial charge in [-0.3, -0.25) is 4.79 Å². The van der Waals surface area contributed by atoms with Gasteiger partial charge in [0.1, 0.15) is 13.7 Å². The zero-order valence-electron chi connectivity index (χ0n) is 14.6. The second-order valence-corrected chi connectivity index (χ2v) is 8.40. The highest BCUT2D eigenvalue weighted by Crippen LogP contribution is 2.38. The number of ketones is 1. The van der Waals surface area contributed by atoms with E-state index in [1.807, 2.05) is 0 Å². The molecule has 1 aliphatic rings. The molecule has 0 bridgehead atoms. The highest BCUT2D eigenvalue weighted by atomic mass is 35.5. The first kappa shape index (κ1) is 21.3. The molecule has 0 amide bonds. The van der Waals surface area contributed by atoms with Crippen molar-refractivity contribution in [2.45, 2.75) is 10.0 Å². The van der Waals surface area contributed by atoms with E-state index < -0.39 is 43.4 Å². The Morgan fingerprint density at radius 1 is 1.17 bits per heavy atom. The molecule has 1 aliphatic heterocycles. The van der Waals surface area contributed by atoms with Gasteiger partial charge < -0.3 is 14.7 Å². The minimum Gasteiger partial charge on any atom is -0.467 e. The average Bonchev–Trinajstić information content (AvgIpc) is 2.85. The zero-order valence-corrected chi connectivity index (χ0v) is 16.2. The Labute approximate surface area is 175 Å². The maximum absolute atomic E-state index is 13.7. The molecule has 0 aliphatic carbocycles. The molecule has 1 heterocycles. The van der Waals surface area contributed by atoms with Gasteiger partial charge in [0, 0.05) is 5.02 Å². The first-order valence-electron chi connectivity index (χ1n) is 7.95. The average molecular weight is 427 g/mol. The molecule has 0 aromatic heterocycles. The van der Waals surface area contributed by atoms with Crippen molar-refractivity contribution in [2.75, 3.05) is 0 Å². The molecule has 12 heteroatoms. The van der Waals surface area contributed by atoms with Crippen LogP contribution in [0.15, 0.2) is 60.2 Å². The quantitative estimate of drug-likeness (QED) is 0.566. The molecular weight excluding hydrogens is 417 g/mol. The van der Waals surface area contributed by atoms with Crippen molar-refractivity contribution in [2.24, 2.45) is 5.73 Å². The Hall–Kier alpha value is -2.39. The van der Waals surface area contributed by atoms with Crippen LogP contribution < -0.4 is 5.73 Å². The third kappa shape index (κ3) is 3.64. The topological polar surface area (TPSA) is 95.7 Å². The molecule has 3 rings (SSSR count). The number of carbonyl (C=O) groups excluding carboxylic acids is 1. The Morgan fingerprint density at radius 2 is 1.79 bits per heavy atom. The lowest BCUT2D eigenvalue weighted by molar-refractivity contribution is -0.126. The molecule has 6 nitrogen and oxygen atoms in total. The molecule has 2 aromatic carbocycles. The van der Waals surface area contributed by atoms with Gasteiger partial charge in [0.2, 0.25) is 17.4 Å². The van der Waals surface area contributed by atoms with E-state index in [-0.39, 0.29) is 16.1 Å². The minimum atomic E-state index is -4.85. The van der Waals surface area contributed by atoms with Crippen molar-refractivity contribution < 1.29 is 26.5 Å². The highest BCUT2D eigenvalue weighted by molar-refractivity contribution is 7.90. The maximum Gasteiger partial charge on any atom is 0.302 e. The van der Waals surface area contributed by atoms with Crippen LogP contribution in [0.2, 0.25) is 5.02 Å². The molecule has 2 aromatic rings. The second kappa shape index (κ2) is 7.14. The van der Waals surface area contributed by atoms with Crippen molar-refractivity contribution in [1.82, 2.24) is 0 Å². The number of benzene rings is 2. The lowest BCUT2D eigenvalue weighted by Crippen LogP contribution is -2.40. The van der Waals surface area contributed by atoms with Gasteiger partial charge in [0.25, 0.3) is 0 Å². The summed E-state index contributed by atoms with van der Waals surface area (Å²) >= 11 is 5.78. The van der Waals surface area contributed by atoms with Gasteiger partial charge in [-0.05, 0) is 29.3 Å².